The molecule has 0 saturated carbocycles. The molecule has 0 aliphatic carbocycles. The SMILES string of the molecule is O=C1N=C([Se])NC(=O)C1Cc1cc2c(s1)-n1c3ccccc3c3cccc(c31)S2. The van der Waals surface area contributed by atoms with Crippen LogP contribution in [0.25, 0.3) is 26.8 Å². The number of thiophene rings is 1. The molecule has 2 aromatic heterocycles. The molecule has 0 saturated heterocycles. The van der Waals surface area contributed by atoms with E-state index in [1.165, 1.54) is 26.7 Å². The van der Waals surface area contributed by atoms with E-state index in [0.29, 0.717) is 6.42 Å². The first-order chi connectivity index (χ1) is 14.1. The van der Waals surface area contributed by atoms with E-state index in [4.69, 9.17) is 0 Å². The molecule has 8 heteroatoms. The zero-order valence-corrected chi connectivity index (χ0v) is 18.2. The van der Waals surface area contributed by atoms with Crippen molar-refractivity contribution in [1.82, 2.24) is 9.88 Å². The van der Waals surface area contributed by atoms with E-state index in [9.17, 15) is 9.59 Å². The third-order valence-corrected chi connectivity index (χ3v) is 8.03. The average molecular weight is 481 g/mol. The van der Waals surface area contributed by atoms with Crippen LogP contribution in [0.5, 0.6) is 0 Å². The van der Waals surface area contributed by atoms with Crippen molar-refractivity contribution >= 4 is 77.5 Å². The minimum atomic E-state index is -0.777. The number of rotatable bonds is 2. The number of carbonyl (C=O) groups excluding carboxylic acids is 2. The molecule has 4 aromatic rings. The van der Waals surface area contributed by atoms with Crippen LogP contribution >= 0.6 is 23.1 Å². The Labute approximate surface area is 182 Å². The molecule has 2 aliphatic heterocycles. The number of nitrogens with zero attached hydrogens (tertiary/aromatic N) is 2. The van der Waals surface area contributed by atoms with Gasteiger partial charge < -0.3 is 0 Å². The molecule has 2 amide bonds. The summed E-state index contributed by atoms with van der Waals surface area (Å²) in [6.07, 6.45) is 0.359. The van der Waals surface area contributed by atoms with Gasteiger partial charge in [-0.15, -0.1) is 0 Å². The second-order valence-electron chi connectivity index (χ2n) is 6.99. The molecule has 0 bridgehead atoms. The Kier molecular flexibility index (Phi) is 3.80. The van der Waals surface area contributed by atoms with E-state index < -0.39 is 11.8 Å². The van der Waals surface area contributed by atoms with Gasteiger partial charge in [0.2, 0.25) is 0 Å². The number of benzene rings is 2. The van der Waals surface area contributed by atoms with E-state index in [0.717, 1.165) is 14.8 Å². The first-order valence-electron chi connectivity index (χ1n) is 9.03. The predicted molar refractivity (Wildman–Crippen MR) is 116 cm³/mol. The van der Waals surface area contributed by atoms with Crippen molar-refractivity contribution in [3.8, 4) is 5.00 Å². The normalized spacial score (nSPS) is 18.1. The van der Waals surface area contributed by atoms with Crippen molar-refractivity contribution in [3.63, 3.8) is 0 Å². The van der Waals surface area contributed by atoms with Crippen LogP contribution in [-0.4, -0.2) is 37.1 Å². The first kappa shape index (κ1) is 17.5. The maximum atomic E-state index is 12.3. The quantitative estimate of drug-likeness (QED) is 0.309. The summed E-state index contributed by atoms with van der Waals surface area (Å²) < 4.78 is 2.56. The number of amidine groups is 1. The van der Waals surface area contributed by atoms with Crippen LogP contribution in [0.15, 0.2) is 63.3 Å². The van der Waals surface area contributed by atoms with Crippen molar-refractivity contribution in [2.45, 2.75) is 16.2 Å². The molecule has 2 aliphatic rings. The fourth-order valence-corrected chi connectivity index (χ4v) is 6.93. The van der Waals surface area contributed by atoms with Gasteiger partial charge in [-0.3, -0.25) is 0 Å². The van der Waals surface area contributed by atoms with Crippen LogP contribution in [0.2, 0.25) is 0 Å². The number of para-hydroxylation sites is 2. The monoisotopic (exact) mass is 482 g/mol. The van der Waals surface area contributed by atoms with E-state index in [1.807, 2.05) is 0 Å². The van der Waals surface area contributed by atoms with E-state index in [-0.39, 0.29) is 10.6 Å². The summed E-state index contributed by atoms with van der Waals surface area (Å²) in [5, 5.41) is 6.24. The summed E-state index contributed by atoms with van der Waals surface area (Å²) in [6, 6.07) is 16.9. The summed E-state index contributed by atoms with van der Waals surface area (Å²) in [6.45, 7) is 0. The van der Waals surface area contributed by atoms with Gasteiger partial charge in [0.1, 0.15) is 0 Å². The van der Waals surface area contributed by atoms with Gasteiger partial charge in [0, 0.05) is 0 Å². The second-order valence-corrected chi connectivity index (χ2v) is 10.0. The standard InChI is InChI=1S/C21H12N3O2S2Se/c25-18-13(19(26)23-21(29)22-18)8-10-9-16-20(27-10)24-14-6-2-1-4-11(14)12-5-3-7-15(28-16)17(12)24/h1-7,9,13H,8H2,(H,22,23,25,26). The van der Waals surface area contributed by atoms with Gasteiger partial charge >= 0.3 is 176 Å². The molecular weight excluding hydrogens is 469 g/mol. The fourth-order valence-electron chi connectivity index (χ4n) is 4.03. The molecule has 2 aromatic carbocycles. The third kappa shape index (κ3) is 2.57. The van der Waals surface area contributed by atoms with E-state index in [2.05, 4.69) is 79.4 Å². The molecule has 141 valence electrons. The number of aliphatic imine (C=N–C) groups is 1. The molecule has 1 radical (unpaired) electrons. The zero-order chi connectivity index (χ0) is 19.7. The van der Waals surface area contributed by atoms with E-state index >= 15 is 0 Å². The molecule has 1 N–H and O–H groups in total. The van der Waals surface area contributed by atoms with Crippen molar-refractivity contribution in [2.24, 2.45) is 10.9 Å². The van der Waals surface area contributed by atoms with Gasteiger partial charge in [0.05, 0.1) is 0 Å². The number of aromatic nitrogens is 1. The minimum absolute atomic E-state index is 0.244. The predicted octanol–water partition coefficient (Wildman–Crippen LogP) is 3.65. The topological polar surface area (TPSA) is 63.5 Å². The molecule has 6 rings (SSSR count). The molecular formula is C21H12N3O2S2Se. The summed E-state index contributed by atoms with van der Waals surface area (Å²) in [7, 11) is 0. The van der Waals surface area contributed by atoms with Crippen molar-refractivity contribution < 1.29 is 9.59 Å². The number of amides is 2. The van der Waals surface area contributed by atoms with Gasteiger partial charge in [-0.25, -0.2) is 0 Å². The average Bonchev–Trinajstić information content (AvgIpc) is 3.25. The Balaban J connectivity index is 1.50. The van der Waals surface area contributed by atoms with Crippen LogP contribution < -0.4 is 5.32 Å². The number of hydrogen-bond donors (Lipinski definition) is 1. The van der Waals surface area contributed by atoms with Gasteiger partial charge in [0.15, 0.2) is 0 Å². The van der Waals surface area contributed by atoms with Crippen molar-refractivity contribution in [2.75, 3.05) is 0 Å². The Morgan fingerprint density at radius 3 is 2.76 bits per heavy atom. The summed E-state index contributed by atoms with van der Waals surface area (Å²) >= 11 is 5.98. The second kappa shape index (κ2) is 6.31. The molecule has 0 fully saturated rings. The van der Waals surface area contributed by atoms with Crippen LogP contribution in [0.3, 0.4) is 0 Å². The molecule has 0 spiro atoms. The summed E-state index contributed by atoms with van der Waals surface area (Å²) in [5.41, 5.74) is 2.40. The van der Waals surface area contributed by atoms with Gasteiger partial charge in [-0.2, -0.15) is 0 Å². The van der Waals surface area contributed by atoms with E-state index in [1.54, 1.807) is 23.1 Å². The Morgan fingerprint density at radius 1 is 1.07 bits per heavy atom. The van der Waals surface area contributed by atoms with Crippen LogP contribution in [0.1, 0.15) is 4.88 Å². The third-order valence-electron chi connectivity index (χ3n) is 5.27. The molecule has 1 atom stereocenters. The molecule has 5 nitrogen and oxygen atoms in total. The number of carbonyl (C=O) groups is 2. The van der Waals surface area contributed by atoms with Crippen LogP contribution in [0.4, 0.5) is 0 Å². The number of fused-ring (bicyclic) bond motifs is 5. The van der Waals surface area contributed by atoms with Crippen molar-refractivity contribution in [1.29, 1.82) is 0 Å². The maximum absolute atomic E-state index is 12.3. The Hall–Kier alpha value is -2.38. The molecule has 1 unspecified atom stereocenters. The van der Waals surface area contributed by atoms with Gasteiger partial charge in [0.25, 0.3) is 0 Å². The fraction of sp³-hybridized carbons (Fsp3) is 0.0952. The molecule has 4 heterocycles. The van der Waals surface area contributed by atoms with Gasteiger partial charge in [-0.1, -0.05) is 6.07 Å². The van der Waals surface area contributed by atoms with Crippen molar-refractivity contribution in [3.05, 3.63) is 53.4 Å². The number of nitrogens with one attached hydrogen (secondary N) is 1. The zero-order valence-electron chi connectivity index (χ0n) is 14.8. The first-order valence-corrected chi connectivity index (χ1v) is 11.5. The van der Waals surface area contributed by atoms with Crippen LogP contribution in [-0.2, 0) is 16.0 Å². The number of hydrogen-bond acceptors (Lipinski definition) is 4. The Morgan fingerprint density at radius 2 is 1.90 bits per heavy atom. The Bertz CT molecular complexity index is 1400. The summed E-state index contributed by atoms with van der Waals surface area (Å²) in [5.74, 6) is -1.46. The molecule has 29 heavy (non-hydrogen) atoms. The van der Waals surface area contributed by atoms with Gasteiger partial charge in [-0.05, 0) is 0 Å². The summed E-state index contributed by atoms with van der Waals surface area (Å²) in [4.78, 5) is 31.8. The van der Waals surface area contributed by atoms with Crippen LogP contribution in [0, 0.1) is 5.92 Å².